The molecule has 2 unspecified atom stereocenters. The van der Waals surface area contributed by atoms with Crippen molar-refractivity contribution in [2.45, 2.75) is 64.5 Å². The van der Waals surface area contributed by atoms with Gasteiger partial charge >= 0.3 is 0 Å². The Hall–Kier alpha value is -0.610. The molecular formula is C16H31N3O. The van der Waals surface area contributed by atoms with E-state index in [4.69, 9.17) is 5.73 Å². The van der Waals surface area contributed by atoms with Gasteiger partial charge in [-0.15, -0.1) is 0 Å². The third-order valence-corrected chi connectivity index (χ3v) is 4.90. The second-order valence-electron chi connectivity index (χ2n) is 6.91. The SMILES string of the molecule is CC(C)C1CCCN(C(CN)CC(=O)NC2CC2)CC1. The van der Waals surface area contributed by atoms with Gasteiger partial charge in [0.05, 0.1) is 0 Å². The van der Waals surface area contributed by atoms with Crippen molar-refractivity contribution in [2.24, 2.45) is 17.6 Å². The minimum atomic E-state index is 0.188. The monoisotopic (exact) mass is 281 g/mol. The van der Waals surface area contributed by atoms with Crippen molar-refractivity contribution >= 4 is 5.91 Å². The maximum absolute atomic E-state index is 12.0. The number of likely N-dealkylation sites (tertiary alicyclic amines) is 1. The van der Waals surface area contributed by atoms with Crippen LogP contribution in [0.4, 0.5) is 0 Å². The lowest BCUT2D eigenvalue weighted by Crippen LogP contribution is -2.44. The fourth-order valence-corrected chi connectivity index (χ4v) is 3.27. The van der Waals surface area contributed by atoms with Crippen LogP contribution in [0.15, 0.2) is 0 Å². The molecule has 2 aliphatic rings. The van der Waals surface area contributed by atoms with Crippen LogP contribution in [0.2, 0.25) is 0 Å². The highest BCUT2D eigenvalue weighted by atomic mass is 16.1. The van der Waals surface area contributed by atoms with E-state index >= 15 is 0 Å². The molecule has 1 heterocycles. The van der Waals surface area contributed by atoms with Crippen LogP contribution < -0.4 is 11.1 Å². The van der Waals surface area contributed by atoms with Gasteiger partial charge in [0.2, 0.25) is 5.91 Å². The van der Waals surface area contributed by atoms with Crippen molar-refractivity contribution in [3.8, 4) is 0 Å². The molecule has 0 radical (unpaired) electrons. The van der Waals surface area contributed by atoms with Crippen LogP contribution in [-0.4, -0.2) is 42.5 Å². The fraction of sp³-hybridized carbons (Fsp3) is 0.938. The maximum atomic E-state index is 12.0. The molecule has 3 N–H and O–H groups in total. The predicted molar refractivity (Wildman–Crippen MR) is 82.4 cm³/mol. The summed E-state index contributed by atoms with van der Waals surface area (Å²) in [6.07, 6.45) is 6.68. The van der Waals surface area contributed by atoms with Gasteiger partial charge in [0, 0.05) is 25.0 Å². The Bertz CT molecular complexity index is 315. The summed E-state index contributed by atoms with van der Waals surface area (Å²) in [6, 6.07) is 0.676. The highest BCUT2D eigenvalue weighted by Crippen LogP contribution is 2.26. The summed E-state index contributed by atoms with van der Waals surface area (Å²) in [5.74, 6) is 1.79. The first-order valence-electron chi connectivity index (χ1n) is 8.33. The molecule has 0 bridgehead atoms. The van der Waals surface area contributed by atoms with Crippen LogP contribution in [0.3, 0.4) is 0 Å². The van der Waals surface area contributed by atoms with E-state index in [0.717, 1.165) is 37.8 Å². The summed E-state index contributed by atoms with van der Waals surface area (Å²) >= 11 is 0. The molecule has 1 aliphatic heterocycles. The Kier molecular flexibility index (Phi) is 5.85. The minimum Gasteiger partial charge on any atom is -0.353 e. The lowest BCUT2D eigenvalue weighted by Gasteiger charge is -2.29. The molecule has 0 aromatic rings. The number of nitrogens with one attached hydrogen (secondary N) is 1. The molecule has 1 amide bonds. The van der Waals surface area contributed by atoms with Crippen molar-refractivity contribution in [1.82, 2.24) is 10.2 Å². The number of nitrogens with two attached hydrogens (primary N) is 1. The van der Waals surface area contributed by atoms with E-state index in [1.54, 1.807) is 0 Å². The highest BCUT2D eigenvalue weighted by Gasteiger charge is 2.28. The molecule has 0 aromatic heterocycles. The summed E-state index contributed by atoms with van der Waals surface area (Å²) in [5.41, 5.74) is 5.92. The molecule has 0 aromatic carbocycles. The third kappa shape index (κ3) is 4.74. The van der Waals surface area contributed by atoms with Crippen LogP contribution in [-0.2, 0) is 4.79 Å². The smallest absolute Gasteiger partial charge is 0.221 e. The molecule has 0 spiro atoms. The highest BCUT2D eigenvalue weighted by molar-refractivity contribution is 5.77. The standard InChI is InChI=1S/C16H31N3O/c1-12(2)13-4-3-8-19(9-7-13)15(11-17)10-16(20)18-14-5-6-14/h12-15H,3-11,17H2,1-2H3,(H,18,20). The van der Waals surface area contributed by atoms with Gasteiger partial charge in [-0.2, -0.15) is 0 Å². The molecule has 2 rings (SSSR count). The van der Waals surface area contributed by atoms with Gasteiger partial charge in [-0.3, -0.25) is 9.69 Å². The quantitative estimate of drug-likeness (QED) is 0.779. The first kappa shape index (κ1) is 15.8. The second kappa shape index (κ2) is 7.41. The van der Waals surface area contributed by atoms with Gasteiger partial charge in [-0.05, 0) is 57.0 Å². The van der Waals surface area contributed by atoms with E-state index < -0.39 is 0 Å². The molecule has 1 saturated heterocycles. The fourth-order valence-electron chi connectivity index (χ4n) is 3.27. The molecular weight excluding hydrogens is 250 g/mol. The van der Waals surface area contributed by atoms with Crippen LogP contribution >= 0.6 is 0 Å². The summed E-state index contributed by atoms with van der Waals surface area (Å²) in [6.45, 7) is 7.43. The van der Waals surface area contributed by atoms with E-state index in [2.05, 4.69) is 24.1 Å². The summed E-state index contributed by atoms with van der Waals surface area (Å²) in [4.78, 5) is 14.4. The largest absolute Gasteiger partial charge is 0.353 e. The van der Waals surface area contributed by atoms with Gasteiger partial charge in [-0.25, -0.2) is 0 Å². The number of hydrogen-bond acceptors (Lipinski definition) is 3. The van der Waals surface area contributed by atoms with Crippen molar-refractivity contribution in [3.63, 3.8) is 0 Å². The van der Waals surface area contributed by atoms with Gasteiger partial charge < -0.3 is 11.1 Å². The number of carbonyl (C=O) groups excluding carboxylic acids is 1. The van der Waals surface area contributed by atoms with Gasteiger partial charge in [-0.1, -0.05) is 13.8 Å². The van der Waals surface area contributed by atoms with Gasteiger partial charge in [0.1, 0.15) is 0 Å². The Morgan fingerprint density at radius 3 is 2.60 bits per heavy atom. The minimum absolute atomic E-state index is 0.188. The van der Waals surface area contributed by atoms with E-state index in [1.807, 2.05) is 0 Å². The molecule has 2 atom stereocenters. The topological polar surface area (TPSA) is 58.4 Å². The van der Waals surface area contributed by atoms with Crippen LogP contribution in [0, 0.1) is 11.8 Å². The molecule has 2 fully saturated rings. The zero-order valence-corrected chi connectivity index (χ0v) is 13.1. The lowest BCUT2D eigenvalue weighted by molar-refractivity contribution is -0.122. The number of amides is 1. The molecule has 1 aliphatic carbocycles. The van der Waals surface area contributed by atoms with Crippen LogP contribution in [0.5, 0.6) is 0 Å². The lowest BCUT2D eigenvalue weighted by atomic mass is 9.89. The Morgan fingerprint density at radius 2 is 2.00 bits per heavy atom. The van der Waals surface area contributed by atoms with E-state index in [-0.39, 0.29) is 11.9 Å². The summed E-state index contributed by atoms with van der Waals surface area (Å²) in [5, 5.41) is 3.08. The van der Waals surface area contributed by atoms with Crippen molar-refractivity contribution < 1.29 is 4.79 Å². The number of rotatable bonds is 6. The second-order valence-corrected chi connectivity index (χ2v) is 6.91. The zero-order valence-electron chi connectivity index (χ0n) is 13.1. The van der Waals surface area contributed by atoms with Crippen molar-refractivity contribution in [1.29, 1.82) is 0 Å². The Balaban J connectivity index is 1.81. The van der Waals surface area contributed by atoms with Crippen molar-refractivity contribution in [2.75, 3.05) is 19.6 Å². The number of hydrogen-bond donors (Lipinski definition) is 2. The van der Waals surface area contributed by atoms with Gasteiger partial charge in [0.15, 0.2) is 0 Å². The van der Waals surface area contributed by atoms with Crippen LogP contribution in [0.1, 0.15) is 52.4 Å². The first-order chi connectivity index (χ1) is 9.60. The predicted octanol–water partition coefficient (Wildman–Crippen LogP) is 1.74. The third-order valence-electron chi connectivity index (χ3n) is 4.90. The normalized spacial score (nSPS) is 26.3. The molecule has 4 heteroatoms. The van der Waals surface area contributed by atoms with E-state index in [9.17, 15) is 4.79 Å². The molecule has 20 heavy (non-hydrogen) atoms. The average Bonchev–Trinajstić information content (AvgIpc) is 3.21. The van der Waals surface area contributed by atoms with E-state index in [1.165, 1.54) is 19.3 Å². The van der Waals surface area contributed by atoms with E-state index in [0.29, 0.717) is 19.0 Å². The Morgan fingerprint density at radius 1 is 1.25 bits per heavy atom. The summed E-state index contributed by atoms with van der Waals surface area (Å²) < 4.78 is 0. The van der Waals surface area contributed by atoms with Gasteiger partial charge in [0.25, 0.3) is 0 Å². The number of carbonyl (C=O) groups is 1. The molecule has 1 saturated carbocycles. The summed E-state index contributed by atoms with van der Waals surface area (Å²) in [7, 11) is 0. The number of nitrogens with zero attached hydrogens (tertiary/aromatic N) is 1. The Labute approximate surface area is 123 Å². The van der Waals surface area contributed by atoms with Crippen LogP contribution in [0.25, 0.3) is 0 Å². The molecule has 116 valence electrons. The maximum Gasteiger partial charge on any atom is 0.221 e. The first-order valence-corrected chi connectivity index (χ1v) is 8.33. The average molecular weight is 281 g/mol. The molecule has 4 nitrogen and oxygen atoms in total. The zero-order chi connectivity index (χ0) is 14.5. The van der Waals surface area contributed by atoms with Crippen molar-refractivity contribution in [3.05, 3.63) is 0 Å².